The lowest BCUT2D eigenvalue weighted by Crippen LogP contribution is -2.76. The number of aryl methyl sites for hydroxylation is 1. The van der Waals surface area contributed by atoms with Crippen molar-refractivity contribution >= 4 is 23.9 Å². The van der Waals surface area contributed by atoms with Gasteiger partial charge in [0.05, 0.1) is 11.0 Å². The van der Waals surface area contributed by atoms with Crippen molar-refractivity contribution in [2.75, 3.05) is 0 Å². The van der Waals surface area contributed by atoms with E-state index in [1.54, 1.807) is 13.8 Å². The van der Waals surface area contributed by atoms with E-state index in [-0.39, 0.29) is 17.8 Å². The summed E-state index contributed by atoms with van der Waals surface area (Å²) < 4.78 is 24.4. The Balaban J connectivity index is 1.93. The standard InChI is InChI=1S/C39H58O9/c1-12-29-15-13-14-16-30(29)22(2)21-39(44)23(3)17-19-36(9)31(39)18-20-37(10)33(36)32(46-26(6)41)34(47-27(7)42)38(11,24(4)45-25(5)40)35(37)48-28(8)43/h13-16,22-24,31-35,44H,12,17-21H2,1-11H3. The van der Waals surface area contributed by atoms with Gasteiger partial charge in [-0.15, -0.1) is 0 Å². The second-order valence-electron chi connectivity index (χ2n) is 15.9. The Labute approximate surface area is 286 Å². The van der Waals surface area contributed by atoms with E-state index in [4.69, 9.17) is 18.9 Å². The van der Waals surface area contributed by atoms with Gasteiger partial charge in [0, 0.05) is 39.0 Å². The van der Waals surface area contributed by atoms with Crippen LogP contribution < -0.4 is 0 Å². The summed E-state index contributed by atoms with van der Waals surface area (Å²) in [5.74, 6) is -2.75. The number of carbonyl (C=O) groups is 4. The first-order chi connectivity index (χ1) is 22.3. The van der Waals surface area contributed by atoms with Crippen molar-refractivity contribution in [2.24, 2.45) is 34.0 Å². The Bertz CT molecular complexity index is 1390. The Kier molecular flexibility index (Phi) is 10.9. The molecule has 268 valence electrons. The van der Waals surface area contributed by atoms with Gasteiger partial charge in [-0.2, -0.15) is 0 Å². The number of benzene rings is 1. The summed E-state index contributed by atoms with van der Waals surface area (Å²) in [7, 11) is 0. The molecule has 4 rings (SSSR count). The quantitative estimate of drug-likeness (QED) is 0.225. The molecule has 3 aliphatic carbocycles. The van der Waals surface area contributed by atoms with Gasteiger partial charge in [0.15, 0.2) is 6.10 Å². The topological polar surface area (TPSA) is 125 Å². The van der Waals surface area contributed by atoms with E-state index in [1.807, 2.05) is 0 Å². The van der Waals surface area contributed by atoms with Gasteiger partial charge in [-0.3, -0.25) is 19.2 Å². The summed E-state index contributed by atoms with van der Waals surface area (Å²) in [5.41, 5.74) is -1.24. The van der Waals surface area contributed by atoms with E-state index in [0.29, 0.717) is 19.3 Å². The minimum Gasteiger partial charge on any atom is -0.462 e. The number of ether oxygens (including phenoxy) is 4. The highest BCUT2D eigenvalue weighted by Crippen LogP contribution is 2.71. The fourth-order valence-electron chi connectivity index (χ4n) is 10.8. The zero-order valence-electron chi connectivity index (χ0n) is 30.9. The van der Waals surface area contributed by atoms with Crippen LogP contribution in [0, 0.1) is 34.0 Å². The van der Waals surface area contributed by atoms with E-state index in [1.165, 1.54) is 38.8 Å². The lowest BCUT2D eigenvalue weighted by Gasteiger charge is -2.70. The normalized spacial score (nSPS) is 38.8. The second-order valence-corrected chi connectivity index (χ2v) is 15.9. The van der Waals surface area contributed by atoms with Gasteiger partial charge in [0.2, 0.25) is 0 Å². The minimum absolute atomic E-state index is 0.00900. The van der Waals surface area contributed by atoms with E-state index < -0.39 is 76.1 Å². The molecule has 1 aromatic carbocycles. The van der Waals surface area contributed by atoms with Crippen LogP contribution >= 0.6 is 0 Å². The van der Waals surface area contributed by atoms with Crippen molar-refractivity contribution < 1.29 is 43.2 Å². The zero-order chi connectivity index (χ0) is 36.0. The van der Waals surface area contributed by atoms with E-state index >= 15 is 0 Å². The monoisotopic (exact) mass is 670 g/mol. The highest BCUT2D eigenvalue weighted by atomic mass is 16.6. The first kappa shape index (κ1) is 37.9. The Morgan fingerprint density at radius 1 is 0.854 bits per heavy atom. The molecule has 0 bridgehead atoms. The minimum atomic E-state index is -1.28. The third kappa shape index (κ3) is 6.40. The molecule has 12 atom stereocenters. The van der Waals surface area contributed by atoms with Gasteiger partial charge in [-0.1, -0.05) is 58.9 Å². The number of fused-ring (bicyclic) bond motifs is 3. The Morgan fingerprint density at radius 2 is 1.44 bits per heavy atom. The van der Waals surface area contributed by atoms with Crippen molar-refractivity contribution in [3.63, 3.8) is 0 Å². The third-order valence-electron chi connectivity index (χ3n) is 12.9. The molecule has 48 heavy (non-hydrogen) atoms. The largest absolute Gasteiger partial charge is 0.462 e. The van der Waals surface area contributed by atoms with Crippen molar-refractivity contribution in [2.45, 2.75) is 151 Å². The maximum atomic E-state index is 13.0. The van der Waals surface area contributed by atoms with Crippen molar-refractivity contribution in [3.8, 4) is 0 Å². The first-order valence-electron chi connectivity index (χ1n) is 17.8. The molecule has 0 spiro atoms. The maximum Gasteiger partial charge on any atom is 0.303 e. The molecule has 3 aliphatic rings. The molecule has 0 heterocycles. The predicted octanol–water partition coefficient (Wildman–Crippen LogP) is 6.71. The lowest BCUT2D eigenvalue weighted by atomic mass is 9.37. The molecule has 1 N–H and O–H groups in total. The summed E-state index contributed by atoms with van der Waals surface area (Å²) >= 11 is 0. The van der Waals surface area contributed by atoms with E-state index in [9.17, 15) is 24.3 Å². The fourth-order valence-corrected chi connectivity index (χ4v) is 10.8. The average molecular weight is 671 g/mol. The van der Waals surface area contributed by atoms with E-state index in [0.717, 1.165) is 19.3 Å². The van der Waals surface area contributed by atoms with Crippen LogP contribution in [0.15, 0.2) is 24.3 Å². The smallest absolute Gasteiger partial charge is 0.303 e. The van der Waals surface area contributed by atoms with Gasteiger partial charge in [0.25, 0.3) is 0 Å². The molecular weight excluding hydrogens is 612 g/mol. The van der Waals surface area contributed by atoms with Crippen molar-refractivity contribution in [3.05, 3.63) is 35.4 Å². The fraction of sp³-hybridized carbons (Fsp3) is 0.744. The summed E-state index contributed by atoms with van der Waals surface area (Å²) in [5, 5.41) is 13.0. The highest BCUT2D eigenvalue weighted by molar-refractivity contribution is 5.69. The molecule has 0 radical (unpaired) electrons. The Morgan fingerprint density at radius 3 is 2.00 bits per heavy atom. The summed E-state index contributed by atoms with van der Waals surface area (Å²) in [6.45, 7) is 19.5. The van der Waals surface area contributed by atoms with Crippen LogP contribution in [0.2, 0.25) is 0 Å². The van der Waals surface area contributed by atoms with Gasteiger partial charge in [-0.05, 0) is 86.7 Å². The first-order valence-corrected chi connectivity index (χ1v) is 17.8. The molecule has 0 aromatic heterocycles. The molecular formula is C39H58O9. The molecule has 9 heteroatoms. The second kappa shape index (κ2) is 13.8. The molecule has 9 nitrogen and oxygen atoms in total. The number of rotatable bonds is 9. The van der Waals surface area contributed by atoms with Gasteiger partial charge >= 0.3 is 23.9 Å². The van der Waals surface area contributed by atoms with Gasteiger partial charge in [0.1, 0.15) is 18.3 Å². The summed E-state index contributed by atoms with van der Waals surface area (Å²) in [6.07, 6.45) is 0.285. The number of esters is 4. The van der Waals surface area contributed by atoms with E-state index in [2.05, 4.69) is 58.9 Å². The molecule has 0 saturated heterocycles. The van der Waals surface area contributed by atoms with Crippen LogP contribution in [0.5, 0.6) is 0 Å². The maximum absolute atomic E-state index is 13.0. The van der Waals surface area contributed by atoms with Gasteiger partial charge < -0.3 is 24.1 Å². The van der Waals surface area contributed by atoms with Crippen molar-refractivity contribution in [1.82, 2.24) is 0 Å². The predicted molar refractivity (Wildman–Crippen MR) is 181 cm³/mol. The molecule has 0 amide bonds. The lowest BCUT2D eigenvalue weighted by molar-refractivity contribution is -0.317. The number of hydrogen-bond acceptors (Lipinski definition) is 9. The molecule has 1 aromatic rings. The molecule has 3 fully saturated rings. The Hall–Kier alpha value is -2.94. The average Bonchev–Trinajstić information content (AvgIpc) is 2.98. The van der Waals surface area contributed by atoms with Crippen LogP contribution in [-0.2, 0) is 44.5 Å². The SMILES string of the molecule is CCc1ccccc1C(C)CC1(O)C(C)CCC2(C)C3C(OC(C)=O)C(OC(C)=O)C(C)(C(C)OC(C)=O)C(OC(C)=O)C3(C)CCC21. The highest BCUT2D eigenvalue weighted by Gasteiger charge is 2.75. The van der Waals surface area contributed by atoms with Crippen LogP contribution in [-0.4, -0.2) is 59.0 Å². The summed E-state index contributed by atoms with van der Waals surface area (Å²) in [4.78, 5) is 51.1. The zero-order valence-corrected chi connectivity index (χ0v) is 30.9. The summed E-state index contributed by atoms with van der Waals surface area (Å²) in [6, 6.07) is 8.42. The van der Waals surface area contributed by atoms with Crippen molar-refractivity contribution in [1.29, 1.82) is 0 Å². The third-order valence-corrected chi connectivity index (χ3v) is 12.9. The van der Waals surface area contributed by atoms with Crippen LogP contribution in [0.1, 0.15) is 125 Å². The molecule has 12 unspecified atom stereocenters. The van der Waals surface area contributed by atoms with Crippen LogP contribution in [0.25, 0.3) is 0 Å². The number of aliphatic hydroxyl groups is 1. The van der Waals surface area contributed by atoms with Gasteiger partial charge in [-0.25, -0.2) is 0 Å². The van der Waals surface area contributed by atoms with Crippen LogP contribution in [0.3, 0.4) is 0 Å². The molecule has 0 aliphatic heterocycles. The molecule has 3 saturated carbocycles. The number of hydrogen-bond donors (Lipinski definition) is 1. The van der Waals surface area contributed by atoms with Crippen LogP contribution in [0.4, 0.5) is 0 Å². The number of carbonyl (C=O) groups excluding carboxylic acids is 4.